The molecule has 0 aromatic carbocycles. The number of aromatic nitrogens is 4. The molecule has 6 nitrogen and oxygen atoms in total. The summed E-state index contributed by atoms with van der Waals surface area (Å²) >= 11 is 0. The second kappa shape index (κ2) is 4.43. The van der Waals surface area contributed by atoms with Crippen molar-refractivity contribution in [2.75, 3.05) is 0 Å². The van der Waals surface area contributed by atoms with Crippen LogP contribution in [-0.4, -0.2) is 20.4 Å². The molecule has 0 atom stereocenters. The minimum Gasteiger partial charge on any atom is -0.425 e. The molecule has 0 fully saturated rings. The number of rotatable bonds is 3. The first-order valence-corrected chi connectivity index (χ1v) is 6.32. The third kappa shape index (κ3) is 3.00. The van der Waals surface area contributed by atoms with Crippen LogP contribution in [-0.2, 0) is 17.3 Å². The lowest BCUT2D eigenvalue weighted by atomic mass is 9.89. The molecule has 0 unspecified atom stereocenters. The van der Waals surface area contributed by atoms with Crippen LogP contribution in [0, 0.1) is 6.92 Å². The van der Waals surface area contributed by atoms with Gasteiger partial charge in [0.1, 0.15) is 0 Å². The van der Waals surface area contributed by atoms with Crippen LogP contribution in [0.3, 0.4) is 0 Å². The average molecular weight is 264 g/mol. The fourth-order valence-electron chi connectivity index (χ4n) is 1.65. The highest BCUT2D eigenvalue weighted by Crippen LogP contribution is 2.27. The molecule has 2 heterocycles. The normalized spacial score (nSPS) is 12.9. The zero-order chi connectivity index (χ0) is 14.3. The van der Waals surface area contributed by atoms with E-state index in [1.807, 2.05) is 34.6 Å². The summed E-state index contributed by atoms with van der Waals surface area (Å²) in [5.74, 6) is 2.37. The van der Waals surface area contributed by atoms with E-state index in [9.17, 15) is 0 Å². The van der Waals surface area contributed by atoms with Crippen molar-refractivity contribution in [3.8, 4) is 0 Å². The molecule has 0 aliphatic carbocycles. The van der Waals surface area contributed by atoms with Gasteiger partial charge in [-0.05, 0) is 0 Å². The van der Waals surface area contributed by atoms with Crippen molar-refractivity contribution in [2.45, 2.75) is 58.8 Å². The van der Waals surface area contributed by atoms with Crippen molar-refractivity contribution < 1.29 is 8.83 Å². The van der Waals surface area contributed by atoms with Gasteiger partial charge >= 0.3 is 0 Å². The van der Waals surface area contributed by atoms with E-state index in [0.717, 1.165) is 0 Å². The second-order valence-electron chi connectivity index (χ2n) is 6.44. The Labute approximate surface area is 112 Å². The number of hydrogen-bond acceptors (Lipinski definition) is 6. The SMILES string of the molecule is Cc1nnc(C(C)(C)Cc2nnc(C(C)(C)C)o2)o1. The summed E-state index contributed by atoms with van der Waals surface area (Å²) in [6.45, 7) is 11.9. The summed E-state index contributed by atoms with van der Waals surface area (Å²) in [5, 5.41) is 16.1. The first kappa shape index (κ1) is 13.7. The smallest absolute Gasteiger partial charge is 0.222 e. The highest BCUT2D eigenvalue weighted by atomic mass is 16.4. The van der Waals surface area contributed by atoms with Gasteiger partial charge in [-0.3, -0.25) is 0 Å². The van der Waals surface area contributed by atoms with Crippen molar-refractivity contribution in [1.29, 1.82) is 0 Å². The Morgan fingerprint density at radius 3 is 1.95 bits per heavy atom. The molecule has 0 aliphatic rings. The summed E-state index contributed by atoms with van der Waals surface area (Å²) in [7, 11) is 0. The van der Waals surface area contributed by atoms with Crippen molar-refractivity contribution in [3.63, 3.8) is 0 Å². The molecule has 0 radical (unpaired) electrons. The molecule has 0 saturated heterocycles. The molecule has 6 heteroatoms. The molecule has 0 bridgehead atoms. The van der Waals surface area contributed by atoms with Gasteiger partial charge in [0, 0.05) is 18.8 Å². The Balaban J connectivity index is 2.18. The maximum absolute atomic E-state index is 5.70. The molecule has 0 N–H and O–H groups in total. The van der Waals surface area contributed by atoms with Crippen LogP contribution in [0.4, 0.5) is 0 Å². The molecule has 0 amide bonds. The van der Waals surface area contributed by atoms with Gasteiger partial charge in [0.2, 0.25) is 23.6 Å². The molecule has 2 rings (SSSR count). The molecule has 0 spiro atoms. The Hall–Kier alpha value is -1.72. The predicted octanol–water partition coefficient (Wildman–Crippen LogP) is 2.58. The van der Waals surface area contributed by atoms with Gasteiger partial charge in [0.05, 0.1) is 5.41 Å². The number of nitrogens with zero attached hydrogens (tertiary/aromatic N) is 4. The summed E-state index contributed by atoms with van der Waals surface area (Å²) in [5.41, 5.74) is -0.473. The van der Waals surface area contributed by atoms with E-state index in [1.165, 1.54) is 0 Å². The first-order valence-electron chi connectivity index (χ1n) is 6.32. The van der Waals surface area contributed by atoms with Crippen LogP contribution in [0.2, 0.25) is 0 Å². The highest BCUT2D eigenvalue weighted by Gasteiger charge is 2.31. The standard InChI is InChI=1S/C13H20N4O2/c1-8-14-17-11(18-8)13(5,6)7-9-15-16-10(19-9)12(2,3)4/h7H2,1-6H3. The number of hydrogen-bond donors (Lipinski definition) is 0. The Morgan fingerprint density at radius 1 is 0.842 bits per heavy atom. The third-order valence-corrected chi connectivity index (χ3v) is 2.81. The summed E-state index contributed by atoms with van der Waals surface area (Å²) < 4.78 is 11.2. The molecule has 0 aliphatic heterocycles. The summed E-state index contributed by atoms with van der Waals surface area (Å²) in [6.07, 6.45) is 0.567. The van der Waals surface area contributed by atoms with Crippen LogP contribution in [0.5, 0.6) is 0 Å². The summed E-state index contributed by atoms with van der Waals surface area (Å²) in [4.78, 5) is 0. The van der Waals surface area contributed by atoms with Gasteiger partial charge < -0.3 is 8.83 Å². The van der Waals surface area contributed by atoms with E-state index in [4.69, 9.17) is 8.83 Å². The average Bonchev–Trinajstić information content (AvgIpc) is 2.85. The molecular weight excluding hydrogens is 244 g/mol. The predicted molar refractivity (Wildman–Crippen MR) is 68.8 cm³/mol. The van der Waals surface area contributed by atoms with Crippen molar-refractivity contribution >= 4 is 0 Å². The van der Waals surface area contributed by atoms with Gasteiger partial charge in [-0.1, -0.05) is 34.6 Å². The molecule has 2 aromatic rings. The molecular formula is C13H20N4O2. The van der Waals surface area contributed by atoms with E-state index in [1.54, 1.807) is 6.92 Å². The fraction of sp³-hybridized carbons (Fsp3) is 0.692. The van der Waals surface area contributed by atoms with Gasteiger partial charge in [0.25, 0.3) is 0 Å². The lowest BCUT2D eigenvalue weighted by Gasteiger charge is -2.17. The Kier molecular flexibility index (Phi) is 3.20. The lowest BCUT2D eigenvalue weighted by Crippen LogP contribution is -2.21. The van der Waals surface area contributed by atoms with Gasteiger partial charge in [-0.15, -0.1) is 20.4 Å². The zero-order valence-corrected chi connectivity index (χ0v) is 12.3. The van der Waals surface area contributed by atoms with Crippen LogP contribution < -0.4 is 0 Å². The molecule has 104 valence electrons. The first-order chi connectivity index (χ1) is 8.68. The van der Waals surface area contributed by atoms with Crippen molar-refractivity contribution in [2.24, 2.45) is 0 Å². The van der Waals surface area contributed by atoms with Crippen molar-refractivity contribution in [1.82, 2.24) is 20.4 Å². The minimum absolute atomic E-state index is 0.142. The van der Waals surface area contributed by atoms with Gasteiger partial charge in [-0.2, -0.15) is 0 Å². The van der Waals surface area contributed by atoms with E-state index < -0.39 is 0 Å². The minimum atomic E-state index is -0.330. The second-order valence-corrected chi connectivity index (χ2v) is 6.44. The van der Waals surface area contributed by atoms with Crippen LogP contribution >= 0.6 is 0 Å². The molecule has 0 saturated carbocycles. The van der Waals surface area contributed by atoms with E-state index in [-0.39, 0.29) is 10.8 Å². The third-order valence-electron chi connectivity index (χ3n) is 2.81. The quantitative estimate of drug-likeness (QED) is 0.847. The summed E-state index contributed by atoms with van der Waals surface area (Å²) in [6, 6.07) is 0. The van der Waals surface area contributed by atoms with E-state index in [2.05, 4.69) is 20.4 Å². The lowest BCUT2D eigenvalue weighted by molar-refractivity contribution is 0.314. The monoisotopic (exact) mass is 264 g/mol. The topological polar surface area (TPSA) is 77.8 Å². The van der Waals surface area contributed by atoms with Crippen LogP contribution in [0.1, 0.15) is 58.2 Å². The maximum atomic E-state index is 5.70. The van der Waals surface area contributed by atoms with E-state index in [0.29, 0.717) is 30.0 Å². The maximum Gasteiger partial charge on any atom is 0.222 e. The van der Waals surface area contributed by atoms with Crippen LogP contribution in [0.25, 0.3) is 0 Å². The highest BCUT2D eigenvalue weighted by molar-refractivity contribution is 5.05. The van der Waals surface area contributed by atoms with E-state index >= 15 is 0 Å². The zero-order valence-electron chi connectivity index (χ0n) is 12.3. The molecule has 19 heavy (non-hydrogen) atoms. The van der Waals surface area contributed by atoms with Gasteiger partial charge in [0.15, 0.2) is 0 Å². The number of aryl methyl sites for hydroxylation is 1. The van der Waals surface area contributed by atoms with Crippen molar-refractivity contribution in [3.05, 3.63) is 23.6 Å². The van der Waals surface area contributed by atoms with Crippen LogP contribution in [0.15, 0.2) is 8.83 Å². The van der Waals surface area contributed by atoms with Gasteiger partial charge in [-0.25, -0.2) is 0 Å². The Morgan fingerprint density at radius 2 is 1.47 bits per heavy atom. The Bertz CT molecular complexity index is 563. The largest absolute Gasteiger partial charge is 0.425 e. The molecule has 2 aromatic heterocycles. The fourth-order valence-corrected chi connectivity index (χ4v) is 1.65.